The van der Waals surface area contributed by atoms with Gasteiger partial charge in [0, 0.05) is 38.6 Å². The summed E-state index contributed by atoms with van der Waals surface area (Å²) in [4.78, 5) is 21.1. The van der Waals surface area contributed by atoms with Crippen LogP contribution >= 0.6 is 0 Å². The van der Waals surface area contributed by atoms with Crippen LogP contribution in [0.15, 0.2) is 12.4 Å². The molecule has 1 unspecified atom stereocenters. The molecule has 17 heavy (non-hydrogen) atoms. The van der Waals surface area contributed by atoms with Gasteiger partial charge in [0.15, 0.2) is 0 Å². The number of amides is 1. The monoisotopic (exact) mass is 237 g/mol. The average molecular weight is 237 g/mol. The highest BCUT2D eigenvalue weighted by Crippen LogP contribution is 2.04. The topological polar surface area (TPSA) is 73.1 Å². The quantitative estimate of drug-likeness (QED) is 0.659. The largest absolute Gasteiger partial charge is 0.347 e. The van der Waals surface area contributed by atoms with Gasteiger partial charge >= 0.3 is 0 Å². The predicted octanol–water partition coefficient (Wildman–Crippen LogP) is -0.508. The summed E-state index contributed by atoms with van der Waals surface area (Å²) in [6, 6.07) is -0.0691. The van der Waals surface area contributed by atoms with E-state index in [1.165, 1.54) is 0 Å². The molecule has 6 heteroatoms. The molecular formula is C11H19N5O. The molecule has 0 radical (unpaired) electrons. The molecule has 2 heterocycles. The summed E-state index contributed by atoms with van der Waals surface area (Å²) >= 11 is 0. The molecule has 2 rings (SSSR count). The van der Waals surface area contributed by atoms with E-state index in [9.17, 15) is 4.79 Å². The fraction of sp³-hybridized carbons (Fsp3) is 0.636. The Balaban J connectivity index is 1.76. The second-order valence-electron chi connectivity index (χ2n) is 4.29. The van der Waals surface area contributed by atoms with Gasteiger partial charge in [0.2, 0.25) is 5.91 Å². The third kappa shape index (κ3) is 3.54. The Labute approximate surface area is 101 Å². The summed E-state index contributed by atoms with van der Waals surface area (Å²) in [6.45, 7) is 6.17. The Bertz CT molecular complexity index is 345. The maximum Gasteiger partial charge on any atom is 0.234 e. The lowest BCUT2D eigenvalue weighted by molar-refractivity contribution is -0.123. The van der Waals surface area contributed by atoms with Gasteiger partial charge < -0.3 is 15.6 Å². The summed E-state index contributed by atoms with van der Waals surface area (Å²) in [7, 11) is 0. The Kier molecular flexibility index (Phi) is 4.11. The number of carbonyl (C=O) groups excluding carboxylic acids is 1. The molecule has 0 aliphatic carbocycles. The molecule has 1 aliphatic rings. The van der Waals surface area contributed by atoms with Crippen molar-refractivity contribution in [3.63, 3.8) is 0 Å². The average Bonchev–Trinajstić information content (AvgIpc) is 2.83. The fourth-order valence-corrected chi connectivity index (χ4v) is 1.94. The van der Waals surface area contributed by atoms with Crippen molar-refractivity contribution in [3.05, 3.63) is 18.2 Å². The van der Waals surface area contributed by atoms with Crippen molar-refractivity contribution < 1.29 is 4.79 Å². The van der Waals surface area contributed by atoms with Crippen molar-refractivity contribution in [1.29, 1.82) is 0 Å². The van der Waals surface area contributed by atoms with E-state index in [1.54, 1.807) is 12.4 Å². The number of carbonyl (C=O) groups is 1. The van der Waals surface area contributed by atoms with E-state index < -0.39 is 0 Å². The van der Waals surface area contributed by atoms with Crippen LogP contribution in [0.1, 0.15) is 18.8 Å². The predicted molar refractivity (Wildman–Crippen MR) is 64.5 cm³/mol. The molecule has 1 amide bonds. The van der Waals surface area contributed by atoms with Crippen LogP contribution in [-0.2, 0) is 4.79 Å². The van der Waals surface area contributed by atoms with Crippen molar-refractivity contribution in [2.24, 2.45) is 0 Å². The van der Waals surface area contributed by atoms with Crippen molar-refractivity contribution in [2.75, 3.05) is 32.7 Å². The molecule has 3 N–H and O–H groups in total. The number of H-pyrrole nitrogens is 1. The number of rotatable bonds is 4. The van der Waals surface area contributed by atoms with Crippen LogP contribution in [0.4, 0.5) is 0 Å². The first kappa shape index (κ1) is 12.1. The second-order valence-corrected chi connectivity index (χ2v) is 4.29. The fourth-order valence-electron chi connectivity index (χ4n) is 1.94. The zero-order valence-electron chi connectivity index (χ0n) is 10.1. The molecule has 1 atom stereocenters. The molecule has 1 saturated heterocycles. The van der Waals surface area contributed by atoms with Crippen LogP contribution in [0.3, 0.4) is 0 Å². The highest BCUT2D eigenvalue weighted by molar-refractivity contribution is 5.78. The smallest absolute Gasteiger partial charge is 0.234 e. The van der Waals surface area contributed by atoms with Crippen LogP contribution in [-0.4, -0.2) is 53.5 Å². The van der Waals surface area contributed by atoms with E-state index in [0.717, 1.165) is 32.0 Å². The van der Waals surface area contributed by atoms with Gasteiger partial charge in [-0.2, -0.15) is 0 Å². The lowest BCUT2D eigenvalue weighted by Crippen LogP contribution is -2.47. The number of nitrogens with one attached hydrogen (secondary N) is 3. The molecule has 0 saturated carbocycles. The number of aromatic amines is 1. The maximum atomic E-state index is 11.8. The van der Waals surface area contributed by atoms with E-state index in [-0.39, 0.29) is 11.9 Å². The van der Waals surface area contributed by atoms with Gasteiger partial charge in [-0.25, -0.2) is 4.98 Å². The standard InChI is InChI=1S/C11H19N5O/c1-9(11-13-2-3-14-11)15-10(17)8-16-6-4-12-5-7-16/h2-3,9,12H,4-8H2,1H3,(H,13,14)(H,15,17). The summed E-state index contributed by atoms with van der Waals surface area (Å²) in [5.41, 5.74) is 0. The first-order valence-corrected chi connectivity index (χ1v) is 5.97. The first-order valence-electron chi connectivity index (χ1n) is 5.97. The van der Waals surface area contributed by atoms with Crippen molar-refractivity contribution in [1.82, 2.24) is 25.5 Å². The van der Waals surface area contributed by atoms with Gasteiger partial charge in [0.25, 0.3) is 0 Å². The van der Waals surface area contributed by atoms with E-state index in [2.05, 4.69) is 25.5 Å². The van der Waals surface area contributed by atoms with Crippen LogP contribution in [0, 0.1) is 0 Å². The van der Waals surface area contributed by atoms with Crippen LogP contribution in [0.5, 0.6) is 0 Å². The van der Waals surface area contributed by atoms with Gasteiger partial charge in [0.1, 0.15) is 5.82 Å². The minimum Gasteiger partial charge on any atom is -0.347 e. The minimum atomic E-state index is -0.0691. The number of nitrogens with zero attached hydrogens (tertiary/aromatic N) is 2. The SMILES string of the molecule is CC(NC(=O)CN1CCNCC1)c1ncc[nH]1. The van der Waals surface area contributed by atoms with Crippen molar-refractivity contribution in [2.45, 2.75) is 13.0 Å². The zero-order valence-corrected chi connectivity index (χ0v) is 10.1. The molecule has 1 aliphatic heterocycles. The van der Waals surface area contributed by atoms with Gasteiger partial charge in [-0.3, -0.25) is 9.69 Å². The summed E-state index contributed by atoms with van der Waals surface area (Å²) in [6.07, 6.45) is 3.45. The number of hydrogen-bond acceptors (Lipinski definition) is 4. The number of piperazine rings is 1. The zero-order chi connectivity index (χ0) is 12.1. The van der Waals surface area contributed by atoms with E-state index >= 15 is 0 Å². The van der Waals surface area contributed by atoms with Gasteiger partial charge in [-0.1, -0.05) is 0 Å². The Morgan fingerprint density at radius 3 is 3.00 bits per heavy atom. The first-order chi connectivity index (χ1) is 8.25. The maximum absolute atomic E-state index is 11.8. The number of imidazole rings is 1. The lowest BCUT2D eigenvalue weighted by atomic mass is 10.3. The third-order valence-electron chi connectivity index (χ3n) is 2.88. The van der Waals surface area contributed by atoms with E-state index in [1.807, 2.05) is 6.92 Å². The molecule has 1 aromatic heterocycles. The highest BCUT2D eigenvalue weighted by Gasteiger charge is 2.16. The minimum absolute atomic E-state index is 0.0517. The van der Waals surface area contributed by atoms with Crippen LogP contribution in [0.2, 0.25) is 0 Å². The van der Waals surface area contributed by atoms with E-state index in [0.29, 0.717) is 6.54 Å². The molecule has 0 bridgehead atoms. The number of hydrogen-bond donors (Lipinski definition) is 3. The normalized spacial score (nSPS) is 18.9. The Hall–Kier alpha value is -1.40. The van der Waals surface area contributed by atoms with Gasteiger partial charge in [-0.15, -0.1) is 0 Å². The van der Waals surface area contributed by atoms with Crippen molar-refractivity contribution in [3.8, 4) is 0 Å². The van der Waals surface area contributed by atoms with Crippen LogP contribution < -0.4 is 10.6 Å². The van der Waals surface area contributed by atoms with E-state index in [4.69, 9.17) is 0 Å². The Morgan fingerprint density at radius 2 is 2.35 bits per heavy atom. The molecule has 6 nitrogen and oxygen atoms in total. The molecular weight excluding hydrogens is 218 g/mol. The Morgan fingerprint density at radius 1 is 1.59 bits per heavy atom. The van der Waals surface area contributed by atoms with Crippen LogP contribution in [0.25, 0.3) is 0 Å². The summed E-state index contributed by atoms with van der Waals surface area (Å²) in [5.74, 6) is 0.842. The summed E-state index contributed by atoms with van der Waals surface area (Å²) < 4.78 is 0. The molecule has 94 valence electrons. The molecule has 0 spiro atoms. The molecule has 0 aromatic carbocycles. The molecule has 1 fully saturated rings. The van der Waals surface area contributed by atoms with Gasteiger partial charge in [0.05, 0.1) is 12.6 Å². The lowest BCUT2D eigenvalue weighted by Gasteiger charge is -2.26. The summed E-state index contributed by atoms with van der Waals surface area (Å²) in [5, 5.41) is 6.20. The number of aromatic nitrogens is 2. The van der Waals surface area contributed by atoms with Gasteiger partial charge in [-0.05, 0) is 6.92 Å². The molecule has 1 aromatic rings. The van der Waals surface area contributed by atoms with Crippen molar-refractivity contribution >= 4 is 5.91 Å². The second kappa shape index (κ2) is 5.79. The highest BCUT2D eigenvalue weighted by atomic mass is 16.2. The third-order valence-corrected chi connectivity index (χ3v) is 2.88.